The van der Waals surface area contributed by atoms with Crippen molar-refractivity contribution in [2.45, 2.75) is 30.7 Å². The van der Waals surface area contributed by atoms with Crippen LogP contribution in [0.5, 0.6) is 5.75 Å². The van der Waals surface area contributed by atoms with E-state index >= 15 is 0 Å². The lowest BCUT2D eigenvalue weighted by Crippen LogP contribution is -2.34. The first kappa shape index (κ1) is 17.4. The van der Waals surface area contributed by atoms with Gasteiger partial charge in [-0.05, 0) is 55.0 Å². The molecule has 1 atom stereocenters. The maximum atomic E-state index is 12.3. The normalized spacial score (nSPS) is 11.7. The number of benzene rings is 2. The largest absolute Gasteiger partial charge is 0.497 e. The Kier molecular flexibility index (Phi) is 7.01. The van der Waals surface area contributed by atoms with Crippen LogP contribution < -0.4 is 10.1 Å². The van der Waals surface area contributed by atoms with Crippen molar-refractivity contribution >= 4 is 17.7 Å². The molecule has 3 nitrogen and oxygen atoms in total. The zero-order chi connectivity index (χ0) is 16.5. The molecule has 2 aromatic rings. The van der Waals surface area contributed by atoms with Gasteiger partial charge in [-0.3, -0.25) is 4.79 Å². The lowest BCUT2D eigenvalue weighted by molar-refractivity contribution is 0.0935. The molecule has 0 fully saturated rings. The highest BCUT2D eigenvalue weighted by molar-refractivity contribution is 7.99. The van der Waals surface area contributed by atoms with E-state index in [-0.39, 0.29) is 11.9 Å². The maximum Gasteiger partial charge on any atom is 0.251 e. The number of thioether (sulfide) groups is 1. The van der Waals surface area contributed by atoms with Crippen molar-refractivity contribution < 1.29 is 9.53 Å². The summed E-state index contributed by atoms with van der Waals surface area (Å²) in [4.78, 5) is 13.6. The molecule has 1 amide bonds. The van der Waals surface area contributed by atoms with Crippen molar-refractivity contribution in [2.75, 3.05) is 12.9 Å². The number of amides is 1. The third-order valence-corrected chi connectivity index (χ3v) is 4.70. The molecule has 0 aromatic heterocycles. The summed E-state index contributed by atoms with van der Waals surface area (Å²) in [6.45, 7) is 2.10. The van der Waals surface area contributed by atoms with E-state index in [1.807, 2.05) is 30.0 Å². The molecule has 0 unspecified atom stereocenters. The molecule has 0 saturated heterocycles. The number of ether oxygens (including phenoxy) is 1. The summed E-state index contributed by atoms with van der Waals surface area (Å²) in [5.41, 5.74) is 0.667. The molecule has 1 N–H and O–H groups in total. The molecule has 0 heterocycles. The van der Waals surface area contributed by atoms with Crippen LogP contribution in [0.25, 0.3) is 0 Å². The molecule has 23 heavy (non-hydrogen) atoms. The van der Waals surface area contributed by atoms with E-state index in [2.05, 4.69) is 24.4 Å². The second kappa shape index (κ2) is 9.26. The SMILES string of the molecule is CC[C@H](CCSc1ccccc1)NC(=O)c1ccc(OC)cc1. The highest BCUT2D eigenvalue weighted by Crippen LogP contribution is 2.19. The first-order valence-electron chi connectivity index (χ1n) is 7.85. The third kappa shape index (κ3) is 5.64. The average molecular weight is 329 g/mol. The zero-order valence-electron chi connectivity index (χ0n) is 13.6. The summed E-state index contributed by atoms with van der Waals surface area (Å²) in [5, 5.41) is 3.11. The number of hydrogen-bond donors (Lipinski definition) is 1. The van der Waals surface area contributed by atoms with Crippen LogP contribution in [0.4, 0.5) is 0 Å². The standard InChI is InChI=1S/C19H23NO2S/c1-3-16(13-14-23-18-7-5-4-6-8-18)20-19(21)15-9-11-17(22-2)12-10-15/h4-12,16H,3,13-14H2,1-2H3,(H,20,21)/t16-/m1/s1. The van der Waals surface area contributed by atoms with Gasteiger partial charge in [0, 0.05) is 16.5 Å². The molecule has 0 aliphatic carbocycles. The van der Waals surface area contributed by atoms with E-state index < -0.39 is 0 Å². The van der Waals surface area contributed by atoms with Crippen molar-refractivity contribution in [1.82, 2.24) is 5.32 Å². The van der Waals surface area contributed by atoms with Gasteiger partial charge in [-0.25, -0.2) is 0 Å². The molecule has 0 aliphatic rings. The molecule has 122 valence electrons. The van der Waals surface area contributed by atoms with Crippen LogP contribution in [0.3, 0.4) is 0 Å². The van der Waals surface area contributed by atoms with E-state index in [1.165, 1.54) is 4.90 Å². The molecule has 2 rings (SSSR count). The van der Waals surface area contributed by atoms with E-state index in [0.717, 1.165) is 24.3 Å². The molecule has 4 heteroatoms. The van der Waals surface area contributed by atoms with Crippen molar-refractivity contribution in [3.8, 4) is 5.75 Å². The molecular formula is C19H23NO2S. The zero-order valence-corrected chi connectivity index (χ0v) is 14.4. The van der Waals surface area contributed by atoms with Gasteiger partial charge in [0.05, 0.1) is 7.11 Å². The number of carbonyl (C=O) groups is 1. The lowest BCUT2D eigenvalue weighted by atomic mass is 10.1. The van der Waals surface area contributed by atoms with Crippen molar-refractivity contribution in [3.63, 3.8) is 0 Å². The molecule has 0 aliphatic heterocycles. The van der Waals surface area contributed by atoms with Crippen LogP contribution in [0.15, 0.2) is 59.5 Å². The van der Waals surface area contributed by atoms with Gasteiger partial charge in [-0.15, -0.1) is 11.8 Å². The van der Waals surface area contributed by atoms with Gasteiger partial charge in [0.2, 0.25) is 0 Å². The van der Waals surface area contributed by atoms with Gasteiger partial charge in [-0.1, -0.05) is 25.1 Å². The molecular weight excluding hydrogens is 306 g/mol. The van der Waals surface area contributed by atoms with Gasteiger partial charge in [-0.2, -0.15) is 0 Å². The summed E-state index contributed by atoms with van der Waals surface area (Å²) < 4.78 is 5.11. The number of methoxy groups -OCH3 is 1. The summed E-state index contributed by atoms with van der Waals surface area (Å²) in [5.74, 6) is 1.72. The van der Waals surface area contributed by atoms with Crippen molar-refractivity contribution in [2.24, 2.45) is 0 Å². The fourth-order valence-corrected chi connectivity index (χ4v) is 3.21. The highest BCUT2D eigenvalue weighted by Gasteiger charge is 2.12. The monoisotopic (exact) mass is 329 g/mol. The molecule has 0 saturated carbocycles. The fourth-order valence-electron chi connectivity index (χ4n) is 2.23. The Morgan fingerprint density at radius 2 is 1.83 bits per heavy atom. The first-order valence-corrected chi connectivity index (χ1v) is 8.84. The minimum Gasteiger partial charge on any atom is -0.497 e. The summed E-state index contributed by atoms with van der Waals surface area (Å²) in [6, 6.07) is 17.7. The predicted molar refractivity (Wildman–Crippen MR) is 96.3 cm³/mol. The van der Waals surface area contributed by atoms with Crippen LogP contribution in [-0.2, 0) is 0 Å². The lowest BCUT2D eigenvalue weighted by Gasteiger charge is -2.17. The van der Waals surface area contributed by atoms with E-state index in [1.54, 1.807) is 31.4 Å². The summed E-state index contributed by atoms with van der Waals surface area (Å²) in [7, 11) is 1.62. The number of carbonyl (C=O) groups excluding carboxylic acids is 1. The van der Waals surface area contributed by atoms with Gasteiger partial charge in [0.1, 0.15) is 5.75 Å². The Bertz CT molecular complexity index is 599. The second-order valence-electron chi connectivity index (χ2n) is 5.26. The quantitative estimate of drug-likeness (QED) is 0.730. The summed E-state index contributed by atoms with van der Waals surface area (Å²) in [6.07, 6.45) is 1.88. The number of hydrogen-bond acceptors (Lipinski definition) is 3. The molecule has 2 aromatic carbocycles. The maximum absolute atomic E-state index is 12.3. The molecule has 0 bridgehead atoms. The Labute approximate surface area is 142 Å². The molecule has 0 radical (unpaired) electrons. The van der Waals surface area contributed by atoms with Gasteiger partial charge in [0.15, 0.2) is 0 Å². The van der Waals surface area contributed by atoms with E-state index in [9.17, 15) is 4.79 Å². The van der Waals surface area contributed by atoms with Crippen LogP contribution in [0.2, 0.25) is 0 Å². The van der Waals surface area contributed by atoms with E-state index in [4.69, 9.17) is 4.74 Å². The Morgan fingerprint density at radius 3 is 2.43 bits per heavy atom. The highest BCUT2D eigenvalue weighted by atomic mass is 32.2. The predicted octanol–water partition coefficient (Wildman–Crippen LogP) is 4.39. The first-order chi connectivity index (χ1) is 11.2. The Balaban J connectivity index is 1.82. The second-order valence-corrected chi connectivity index (χ2v) is 6.43. The van der Waals surface area contributed by atoms with Gasteiger partial charge >= 0.3 is 0 Å². The topological polar surface area (TPSA) is 38.3 Å². The van der Waals surface area contributed by atoms with E-state index in [0.29, 0.717) is 5.56 Å². The minimum atomic E-state index is -0.0239. The van der Waals surface area contributed by atoms with Gasteiger partial charge < -0.3 is 10.1 Å². The third-order valence-electron chi connectivity index (χ3n) is 3.66. The summed E-state index contributed by atoms with van der Waals surface area (Å²) >= 11 is 1.82. The molecule has 0 spiro atoms. The number of rotatable bonds is 8. The van der Waals surface area contributed by atoms with Crippen LogP contribution in [0.1, 0.15) is 30.1 Å². The smallest absolute Gasteiger partial charge is 0.251 e. The number of nitrogens with one attached hydrogen (secondary N) is 1. The minimum absolute atomic E-state index is 0.0239. The van der Waals surface area contributed by atoms with Crippen LogP contribution in [0, 0.1) is 0 Å². The van der Waals surface area contributed by atoms with Crippen molar-refractivity contribution in [3.05, 3.63) is 60.2 Å². The van der Waals surface area contributed by atoms with Crippen LogP contribution in [-0.4, -0.2) is 24.8 Å². The van der Waals surface area contributed by atoms with Gasteiger partial charge in [0.25, 0.3) is 5.91 Å². The van der Waals surface area contributed by atoms with Crippen molar-refractivity contribution in [1.29, 1.82) is 0 Å². The Morgan fingerprint density at radius 1 is 1.13 bits per heavy atom. The fraction of sp³-hybridized carbons (Fsp3) is 0.316. The average Bonchev–Trinajstić information content (AvgIpc) is 2.61. The Hall–Kier alpha value is -1.94. The van der Waals surface area contributed by atoms with Crippen LogP contribution >= 0.6 is 11.8 Å².